The van der Waals surface area contributed by atoms with Gasteiger partial charge in [0.15, 0.2) is 0 Å². The molecular formula is C8H16O. The molecule has 1 rings (SSSR count). The molecule has 0 unspecified atom stereocenters. The standard InChI is InChI=1S/C8H16O/c1-7(2,9)6-8(3)4-5-8/h9H,4-6H2,1-3H3. The summed E-state index contributed by atoms with van der Waals surface area (Å²) in [6.07, 6.45) is 3.56. The topological polar surface area (TPSA) is 20.2 Å². The lowest BCUT2D eigenvalue weighted by molar-refractivity contribution is 0.0508. The van der Waals surface area contributed by atoms with E-state index in [-0.39, 0.29) is 0 Å². The van der Waals surface area contributed by atoms with Crippen molar-refractivity contribution in [2.75, 3.05) is 0 Å². The van der Waals surface area contributed by atoms with Crippen LogP contribution in [0.25, 0.3) is 0 Å². The molecule has 1 N–H and O–H groups in total. The van der Waals surface area contributed by atoms with Gasteiger partial charge in [0.2, 0.25) is 0 Å². The minimum absolute atomic E-state index is 0.453. The van der Waals surface area contributed by atoms with Crippen LogP contribution in [0.5, 0.6) is 0 Å². The van der Waals surface area contributed by atoms with E-state index in [1.807, 2.05) is 13.8 Å². The predicted octanol–water partition coefficient (Wildman–Crippen LogP) is 1.95. The summed E-state index contributed by atoms with van der Waals surface area (Å²) < 4.78 is 0. The molecular weight excluding hydrogens is 112 g/mol. The molecule has 0 aromatic heterocycles. The SMILES string of the molecule is CC(C)(O)CC1(C)CC1. The molecule has 0 radical (unpaired) electrons. The maximum absolute atomic E-state index is 9.39. The van der Waals surface area contributed by atoms with Crippen molar-refractivity contribution in [2.45, 2.75) is 45.6 Å². The van der Waals surface area contributed by atoms with Crippen molar-refractivity contribution in [3.05, 3.63) is 0 Å². The van der Waals surface area contributed by atoms with Crippen molar-refractivity contribution < 1.29 is 5.11 Å². The first kappa shape index (κ1) is 7.07. The first-order valence-corrected chi connectivity index (χ1v) is 3.64. The summed E-state index contributed by atoms with van der Waals surface area (Å²) in [6.45, 7) is 6.01. The number of rotatable bonds is 2. The van der Waals surface area contributed by atoms with E-state index in [0.717, 1.165) is 6.42 Å². The van der Waals surface area contributed by atoms with Crippen LogP contribution in [0.3, 0.4) is 0 Å². The molecule has 1 saturated carbocycles. The highest BCUT2D eigenvalue weighted by Gasteiger charge is 2.40. The maximum Gasteiger partial charge on any atom is 0.0597 e. The molecule has 1 aliphatic carbocycles. The molecule has 0 bridgehead atoms. The van der Waals surface area contributed by atoms with Crippen LogP contribution in [-0.2, 0) is 0 Å². The number of hydrogen-bond donors (Lipinski definition) is 1. The lowest BCUT2D eigenvalue weighted by Gasteiger charge is -2.20. The minimum atomic E-state index is -0.453. The summed E-state index contributed by atoms with van der Waals surface area (Å²) in [4.78, 5) is 0. The van der Waals surface area contributed by atoms with E-state index in [9.17, 15) is 5.11 Å². The maximum atomic E-state index is 9.39. The van der Waals surface area contributed by atoms with E-state index in [0.29, 0.717) is 5.41 Å². The van der Waals surface area contributed by atoms with E-state index in [1.165, 1.54) is 12.8 Å². The normalized spacial score (nSPS) is 24.0. The van der Waals surface area contributed by atoms with Gasteiger partial charge in [-0.1, -0.05) is 6.92 Å². The zero-order valence-electron chi connectivity index (χ0n) is 6.57. The average molecular weight is 128 g/mol. The zero-order chi connectivity index (χ0) is 7.12. The van der Waals surface area contributed by atoms with E-state index in [1.54, 1.807) is 0 Å². The molecule has 0 heterocycles. The largest absolute Gasteiger partial charge is 0.390 e. The van der Waals surface area contributed by atoms with E-state index < -0.39 is 5.60 Å². The fourth-order valence-corrected chi connectivity index (χ4v) is 1.43. The Morgan fingerprint density at radius 1 is 1.44 bits per heavy atom. The summed E-state index contributed by atoms with van der Waals surface area (Å²) >= 11 is 0. The molecule has 0 saturated heterocycles. The first-order chi connectivity index (χ1) is 3.91. The van der Waals surface area contributed by atoms with Crippen LogP contribution in [0.15, 0.2) is 0 Å². The van der Waals surface area contributed by atoms with Crippen molar-refractivity contribution >= 4 is 0 Å². The third-order valence-electron chi connectivity index (χ3n) is 1.96. The van der Waals surface area contributed by atoms with Crippen LogP contribution < -0.4 is 0 Å². The van der Waals surface area contributed by atoms with Crippen LogP contribution in [-0.4, -0.2) is 10.7 Å². The highest BCUT2D eigenvalue weighted by atomic mass is 16.3. The molecule has 54 valence electrons. The third kappa shape index (κ3) is 2.35. The van der Waals surface area contributed by atoms with Gasteiger partial charge in [-0.3, -0.25) is 0 Å². The molecule has 9 heavy (non-hydrogen) atoms. The monoisotopic (exact) mass is 128 g/mol. The zero-order valence-corrected chi connectivity index (χ0v) is 6.57. The van der Waals surface area contributed by atoms with Crippen LogP contribution in [0, 0.1) is 5.41 Å². The first-order valence-electron chi connectivity index (χ1n) is 3.64. The van der Waals surface area contributed by atoms with Gasteiger partial charge in [0.25, 0.3) is 0 Å². The average Bonchev–Trinajstić information content (AvgIpc) is 2.12. The van der Waals surface area contributed by atoms with Gasteiger partial charge in [-0.05, 0) is 38.5 Å². The Bertz CT molecular complexity index is 103. The molecule has 0 atom stereocenters. The van der Waals surface area contributed by atoms with Crippen molar-refractivity contribution in [2.24, 2.45) is 5.41 Å². The second-order valence-corrected chi connectivity index (χ2v) is 4.30. The van der Waals surface area contributed by atoms with Gasteiger partial charge in [-0.25, -0.2) is 0 Å². The Hall–Kier alpha value is -0.0400. The van der Waals surface area contributed by atoms with Crippen molar-refractivity contribution in [3.8, 4) is 0 Å². The van der Waals surface area contributed by atoms with Crippen LogP contribution in [0.4, 0.5) is 0 Å². The van der Waals surface area contributed by atoms with Gasteiger partial charge in [0, 0.05) is 0 Å². The van der Waals surface area contributed by atoms with E-state index in [2.05, 4.69) is 6.92 Å². The molecule has 0 amide bonds. The smallest absolute Gasteiger partial charge is 0.0597 e. The lowest BCUT2D eigenvalue weighted by Crippen LogP contribution is -2.22. The van der Waals surface area contributed by atoms with Crippen LogP contribution >= 0.6 is 0 Å². The van der Waals surface area contributed by atoms with Gasteiger partial charge in [0.1, 0.15) is 0 Å². The fraction of sp³-hybridized carbons (Fsp3) is 1.00. The molecule has 0 aliphatic heterocycles. The Kier molecular flexibility index (Phi) is 1.35. The summed E-state index contributed by atoms with van der Waals surface area (Å²) in [6, 6.07) is 0. The van der Waals surface area contributed by atoms with Crippen molar-refractivity contribution in [1.82, 2.24) is 0 Å². The summed E-state index contributed by atoms with van der Waals surface area (Å²) in [5.41, 5.74) is 0.0312. The fourth-order valence-electron chi connectivity index (χ4n) is 1.43. The second-order valence-electron chi connectivity index (χ2n) is 4.30. The molecule has 0 spiro atoms. The molecule has 0 aromatic carbocycles. The summed E-state index contributed by atoms with van der Waals surface area (Å²) in [5, 5.41) is 9.39. The summed E-state index contributed by atoms with van der Waals surface area (Å²) in [7, 11) is 0. The van der Waals surface area contributed by atoms with Gasteiger partial charge in [-0.2, -0.15) is 0 Å². The van der Waals surface area contributed by atoms with Crippen LogP contribution in [0.2, 0.25) is 0 Å². The van der Waals surface area contributed by atoms with Gasteiger partial charge in [-0.15, -0.1) is 0 Å². The van der Waals surface area contributed by atoms with Crippen LogP contribution in [0.1, 0.15) is 40.0 Å². The highest BCUT2D eigenvalue weighted by molar-refractivity contribution is 4.92. The van der Waals surface area contributed by atoms with E-state index in [4.69, 9.17) is 0 Å². The minimum Gasteiger partial charge on any atom is -0.390 e. The Morgan fingerprint density at radius 2 is 1.89 bits per heavy atom. The van der Waals surface area contributed by atoms with Gasteiger partial charge in [0.05, 0.1) is 5.60 Å². The molecule has 1 aliphatic rings. The molecule has 0 aromatic rings. The Balaban J connectivity index is 2.33. The Morgan fingerprint density at radius 3 is 2.00 bits per heavy atom. The highest BCUT2D eigenvalue weighted by Crippen LogP contribution is 2.50. The lowest BCUT2D eigenvalue weighted by atomic mass is 9.93. The molecule has 1 heteroatoms. The predicted molar refractivity (Wildman–Crippen MR) is 38.3 cm³/mol. The van der Waals surface area contributed by atoms with Gasteiger partial charge < -0.3 is 5.11 Å². The van der Waals surface area contributed by atoms with Crippen molar-refractivity contribution in [3.63, 3.8) is 0 Å². The third-order valence-corrected chi connectivity index (χ3v) is 1.96. The van der Waals surface area contributed by atoms with Crippen molar-refractivity contribution in [1.29, 1.82) is 0 Å². The van der Waals surface area contributed by atoms with E-state index >= 15 is 0 Å². The molecule has 1 fully saturated rings. The number of aliphatic hydroxyl groups is 1. The Labute approximate surface area is 57.1 Å². The van der Waals surface area contributed by atoms with Gasteiger partial charge >= 0.3 is 0 Å². The number of hydrogen-bond acceptors (Lipinski definition) is 1. The second kappa shape index (κ2) is 1.72. The summed E-state index contributed by atoms with van der Waals surface area (Å²) in [5.74, 6) is 0. The molecule has 1 nitrogen and oxygen atoms in total. The quantitative estimate of drug-likeness (QED) is 0.602.